The number of halogens is 1. The fraction of sp³-hybridized carbons (Fsp3) is 0.333. The van der Waals surface area contributed by atoms with E-state index in [1.54, 1.807) is 0 Å². The molecule has 1 N–H and O–H groups in total. The van der Waals surface area contributed by atoms with Crippen LogP contribution in [0.5, 0.6) is 17.2 Å². The molecule has 0 atom stereocenters. The van der Waals surface area contributed by atoms with Crippen LogP contribution in [0.1, 0.15) is 6.92 Å². The van der Waals surface area contributed by atoms with Gasteiger partial charge in [-0.15, -0.1) is 0 Å². The van der Waals surface area contributed by atoms with E-state index in [9.17, 15) is 5.11 Å². The molecule has 0 amide bonds. The zero-order valence-corrected chi connectivity index (χ0v) is 8.26. The van der Waals surface area contributed by atoms with Gasteiger partial charge in [0.2, 0.25) is 0 Å². The number of hydrogen-bond acceptors (Lipinski definition) is 3. The van der Waals surface area contributed by atoms with E-state index in [0.29, 0.717) is 23.1 Å². The lowest BCUT2D eigenvalue weighted by Crippen LogP contribution is -1.95. The van der Waals surface area contributed by atoms with Crippen molar-refractivity contribution in [1.82, 2.24) is 0 Å². The van der Waals surface area contributed by atoms with E-state index in [2.05, 4.69) is 0 Å². The van der Waals surface area contributed by atoms with Gasteiger partial charge in [-0.25, -0.2) is 0 Å². The van der Waals surface area contributed by atoms with E-state index >= 15 is 0 Å². The topological polar surface area (TPSA) is 38.7 Å². The molecule has 0 bridgehead atoms. The largest absolute Gasteiger partial charge is 0.508 e. The Kier molecular flexibility index (Phi) is 3.25. The second kappa shape index (κ2) is 4.23. The van der Waals surface area contributed by atoms with Gasteiger partial charge < -0.3 is 14.6 Å². The van der Waals surface area contributed by atoms with Gasteiger partial charge in [-0.1, -0.05) is 11.6 Å². The van der Waals surface area contributed by atoms with E-state index in [-0.39, 0.29) is 5.75 Å². The second-order valence-electron chi connectivity index (χ2n) is 2.39. The molecule has 0 heterocycles. The SMILES string of the molecule is CCOc1c(Cl)cc(O)cc1OC. The Morgan fingerprint density at radius 3 is 2.69 bits per heavy atom. The molecule has 0 saturated carbocycles. The van der Waals surface area contributed by atoms with Crippen molar-refractivity contribution in [1.29, 1.82) is 0 Å². The Morgan fingerprint density at radius 1 is 1.46 bits per heavy atom. The molecule has 4 heteroatoms. The molecule has 1 rings (SSSR count). The van der Waals surface area contributed by atoms with Gasteiger partial charge in [-0.05, 0) is 6.92 Å². The first kappa shape index (κ1) is 9.99. The number of hydrogen-bond donors (Lipinski definition) is 1. The normalized spacial score (nSPS) is 9.77. The van der Waals surface area contributed by atoms with Gasteiger partial charge >= 0.3 is 0 Å². The highest BCUT2D eigenvalue weighted by atomic mass is 35.5. The number of rotatable bonds is 3. The van der Waals surface area contributed by atoms with Gasteiger partial charge in [-0.2, -0.15) is 0 Å². The summed E-state index contributed by atoms with van der Waals surface area (Å²) < 4.78 is 10.2. The third-order valence-electron chi connectivity index (χ3n) is 1.50. The number of benzene rings is 1. The summed E-state index contributed by atoms with van der Waals surface area (Å²) in [6.07, 6.45) is 0. The molecule has 13 heavy (non-hydrogen) atoms. The fourth-order valence-electron chi connectivity index (χ4n) is 0.991. The predicted octanol–water partition coefficient (Wildman–Crippen LogP) is 2.45. The summed E-state index contributed by atoms with van der Waals surface area (Å²) in [6, 6.07) is 2.87. The van der Waals surface area contributed by atoms with Crippen molar-refractivity contribution in [2.24, 2.45) is 0 Å². The Labute approximate surface area is 81.9 Å². The van der Waals surface area contributed by atoms with Crippen LogP contribution in [-0.2, 0) is 0 Å². The summed E-state index contributed by atoms with van der Waals surface area (Å²) >= 11 is 5.83. The lowest BCUT2D eigenvalue weighted by atomic mass is 10.3. The molecule has 0 aliphatic heterocycles. The summed E-state index contributed by atoms with van der Waals surface area (Å²) in [7, 11) is 1.49. The van der Waals surface area contributed by atoms with Gasteiger partial charge in [0.05, 0.1) is 18.7 Å². The van der Waals surface area contributed by atoms with Crippen LogP contribution >= 0.6 is 11.6 Å². The third-order valence-corrected chi connectivity index (χ3v) is 1.78. The minimum absolute atomic E-state index is 0.0605. The van der Waals surface area contributed by atoms with Crippen LogP contribution in [0, 0.1) is 0 Å². The van der Waals surface area contributed by atoms with Crippen molar-refractivity contribution in [3.05, 3.63) is 17.2 Å². The molecule has 1 aromatic carbocycles. The molecule has 0 spiro atoms. The number of phenols is 1. The van der Waals surface area contributed by atoms with Crippen LogP contribution in [0.15, 0.2) is 12.1 Å². The minimum Gasteiger partial charge on any atom is -0.508 e. The van der Waals surface area contributed by atoms with Crippen molar-refractivity contribution in [3.8, 4) is 17.2 Å². The maximum atomic E-state index is 9.20. The summed E-state index contributed by atoms with van der Waals surface area (Å²) in [5.74, 6) is 0.960. The Bertz CT molecular complexity index is 299. The average molecular weight is 203 g/mol. The molecular weight excluding hydrogens is 192 g/mol. The standard InChI is InChI=1S/C9H11ClO3/c1-3-13-9-7(10)4-6(11)5-8(9)12-2/h4-5,11H,3H2,1-2H3. The lowest BCUT2D eigenvalue weighted by molar-refractivity contribution is 0.309. The molecule has 0 aliphatic carbocycles. The molecule has 0 radical (unpaired) electrons. The minimum atomic E-state index is 0.0605. The zero-order valence-electron chi connectivity index (χ0n) is 7.50. The third kappa shape index (κ3) is 2.18. The van der Waals surface area contributed by atoms with E-state index in [0.717, 1.165) is 0 Å². The Balaban J connectivity index is 3.13. The molecule has 0 fully saturated rings. The number of phenolic OH excluding ortho intramolecular Hbond substituents is 1. The van der Waals surface area contributed by atoms with Gasteiger partial charge in [-0.3, -0.25) is 0 Å². The monoisotopic (exact) mass is 202 g/mol. The Hall–Kier alpha value is -1.09. The molecule has 0 unspecified atom stereocenters. The van der Waals surface area contributed by atoms with E-state index in [1.165, 1.54) is 19.2 Å². The molecular formula is C9H11ClO3. The van der Waals surface area contributed by atoms with Gasteiger partial charge in [0, 0.05) is 12.1 Å². The molecule has 0 aromatic heterocycles. The first-order valence-corrected chi connectivity index (χ1v) is 4.26. The van der Waals surface area contributed by atoms with Gasteiger partial charge in [0.25, 0.3) is 0 Å². The summed E-state index contributed by atoms with van der Waals surface area (Å²) in [4.78, 5) is 0. The maximum absolute atomic E-state index is 9.20. The summed E-state index contributed by atoms with van der Waals surface area (Å²) in [5, 5.41) is 9.54. The average Bonchev–Trinajstić information content (AvgIpc) is 2.09. The van der Waals surface area contributed by atoms with Crippen LogP contribution in [0.25, 0.3) is 0 Å². The van der Waals surface area contributed by atoms with Crippen molar-refractivity contribution in [3.63, 3.8) is 0 Å². The highest BCUT2D eigenvalue weighted by Crippen LogP contribution is 2.38. The molecule has 3 nitrogen and oxygen atoms in total. The van der Waals surface area contributed by atoms with Crippen LogP contribution in [0.3, 0.4) is 0 Å². The number of aromatic hydroxyl groups is 1. The maximum Gasteiger partial charge on any atom is 0.179 e. The molecule has 0 aliphatic rings. The number of ether oxygens (including phenoxy) is 2. The van der Waals surface area contributed by atoms with Crippen molar-refractivity contribution < 1.29 is 14.6 Å². The Morgan fingerprint density at radius 2 is 2.15 bits per heavy atom. The quantitative estimate of drug-likeness (QED) is 0.819. The van der Waals surface area contributed by atoms with E-state index < -0.39 is 0 Å². The highest BCUT2D eigenvalue weighted by Gasteiger charge is 2.10. The van der Waals surface area contributed by atoms with Crippen LogP contribution in [-0.4, -0.2) is 18.8 Å². The first-order valence-electron chi connectivity index (χ1n) is 3.88. The zero-order chi connectivity index (χ0) is 9.84. The fourth-order valence-corrected chi connectivity index (χ4v) is 1.25. The molecule has 1 aromatic rings. The van der Waals surface area contributed by atoms with Crippen LogP contribution < -0.4 is 9.47 Å². The summed E-state index contributed by atoms with van der Waals surface area (Å²) in [5.41, 5.74) is 0. The van der Waals surface area contributed by atoms with Crippen molar-refractivity contribution in [2.45, 2.75) is 6.92 Å². The lowest BCUT2D eigenvalue weighted by Gasteiger charge is -2.10. The molecule has 72 valence electrons. The van der Waals surface area contributed by atoms with Crippen LogP contribution in [0.4, 0.5) is 0 Å². The molecule has 0 saturated heterocycles. The predicted molar refractivity (Wildman–Crippen MR) is 50.8 cm³/mol. The van der Waals surface area contributed by atoms with Gasteiger partial charge in [0.15, 0.2) is 11.5 Å². The second-order valence-corrected chi connectivity index (χ2v) is 2.80. The summed E-state index contributed by atoms with van der Waals surface area (Å²) in [6.45, 7) is 2.35. The number of methoxy groups -OCH3 is 1. The van der Waals surface area contributed by atoms with Crippen molar-refractivity contribution in [2.75, 3.05) is 13.7 Å². The first-order chi connectivity index (χ1) is 6.19. The van der Waals surface area contributed by atoms with E-state index in [1.807, 2.05) is 6.92 Å². The van der Waals surface area contributed by atoms with Crippen LogP contribution in [0.2, 0.25) is 5.02 Å². The van der Waals surface area contributed by atoms with Gasteiger partial charge in [0.1, 0.15) is 5.75 Å². The highest BCUT2D eigenvalue weighted by molar-refractivity contribution is 6.32. The van der Waals surface area contributed by atoms with Crippen molar-refractivity contribution >= 4 is 11.6 Å². The van der Waals surface area contributed by atoms with E-state index in [4.69, 9.17) is 21.1 Å². The smallest absolute Gasteiger partial charge is 0.179 e.